The van der Waals surface area contributed by atoms with E-state index < -0.39 is 0 Å². The van der Waals surface area contributed by atoms with E-state index in [-0.39, 0.29) is 0 Å². The Hall–Kier alpha value is -3.58. The fraction of sp³-hybridized carbons (Fsp3) is 0.130. The molecule has 4 aromatic rings. The van der Waals surface area contributed by atoms with Crippen LogP contribution in [-0.2, 0) is 6.42 Å². The summed E-state index contributed by atoms with van der Waals surface area (Å²) in [5.74, 6) is 1.43. The van der Waals surface area contributed by atoms with Crippen molar-refractivity contribution in [2.75, 3.05) is 11.9 Å². The number of allylic oxidation sites excluding steroid dienone is 1. The molecule has 4 N–H and O–H groups in total. The Morgan fingerprint density at radius 3 is 2.67 bits per heavy atom. The minimum atomic E-state index is 0.519. The van der Waals surface area contributed by atoms with Gasteiger partial charge in [-0.15, -0.1) is 11.3 Å². The van der Waals surface area contributed by atoms with E-state index in [9.17, 15) is 0 Å². The zero-order valence-corrected chi connectivity index (χ0v) is 17.2. The lowest BCUT2D eigenvalue weighted by molar-refractivity contribution is 0.860. The second-order valence-corrected chi connectivity index (χ2v) is 7.64. The monoisotopic (exact) mass is 414 g/mol. The van der Waals surface area contributed by atoms with Crippen LogP contribution in [0.4, 0.5) is 5.82 Å². The summed E-state index contributed by atoms with van der Waals surface area (Å²) in [5.41, 5.74) is 10.5. The summed E-state index contributed by atoms with van der Waals surface area (Å²) in [5, 5.41) is 12.8. The Morgan fingerprint density at radius 2 is 1.90 bits per heavy atom. The van der Waals surface area contributed by atoms with Crippen molar-refractivity contribution in [3.05, 3.63) is 77.4 Å². The van der Waals surface area contributed by atoms with Gasteiger partial charge in [-0.25, -0.2) is 9.97 Å². The molecular formula is C23H22N6S. The average molecular weight is 415 g/mol. The van der Waals surface area contributed by atoms with E-state index in [4.69, 9.17) is 21.1 Å². The van der Waals surface area contributed by atoms with Crippen molar-refractivity contribution < 1.29 is 0 Å². The lowest BCUT2D eigenvalue weighted by Gasteiger charge is -2.10. The SMILES string of the molecule is N=C/C=C(\N)c1csc2c(NCCCc3ccccc3)nc(-c3ccncc3)nc12. The first-order chi connectivity index (χ1) is 14.8. The molecule has 0 saturated carbocycles. The highest BCUT2D eigenvalue weighted by Gasteiger charge is 2.15. The number of aromatic nitrogens is 3. The summed E-state index contributed by atoms with van der Waals surface area (Å²) in [6.45, 7) is 0.801. The van der Waals surface area contributed by atoms with E-state index in [0.717, 1.165) is 46.5 Å². The largest absolute Gasteiger partial charge is 0.398 e. The van der Waals surface area contributed by atoms with E-state index in [1.54, 1.807) is 29.8 Å². The molecule has 0 atom stereocenters. The van der Waals surface area contributed by atoms with Gasteiger partial charge in [0, 0.05) is 47.4 Å². The second kappa shape index (κ2) is 9.28. The summed E-state index contributed by atoms with van der Waals surface area (Å²) < 4.78 is 0.962. The highest BCUT2D eigenvalue weighted by molar-refractivity contribution is 7.18. The van der Waals surface area contributed by atoms with E-state index >= 15 is 0 Å². The summed E-state index contributed by atoms with van der Waals surface area (Å²) in [4.78, 5) is 13.7. The Kier molecular flexibility index (Phi) is 6.10. The highest BCUT2D eigenvalue weighted by Crippen LogP contribution is 2.34. The second-order valence-electron chi connectivity index (χ2n) is 6.76. The Balaban J connectivity index is 1.65. The van der Waals surface area contributed by atoms with Crippen molar-refractivity contribution in [3.63, 3.8) is 0 Å². The number of benzene rings is 1. The molecule has 30 heavy (non-hydrogen) atoms. The maximum atomic E-state index is 7.32. The number of aryl methyl sites for hydroxylation is 1. The molecule has 0 aliphatic rings. The maximum absolute atomic E-state index is 7.32. The molecule has 0 spiro atoms. The van der Waals surface area contributed by atoms with E-state index in [0.29, 0.717) is 11.5 Å². The molecule has 1 aromatic carbocycles. The number of hydrogen-bond acceptors (Lipinski definition) is 7. The van der Waals surface area contributed by atoms with Gasteiger partial charge in [0.2, 0.25) is 0 Å². The van der Waals surface area contributed by atoms with Crippen LogP contribution in [-0.4, -0.2) is 27.7 Å². The summed E-state index contributed by atoms with van der Waals surface area (Å²) >= 11 is 1.56. The van der Waals surface area contributed by atoms with E-state index in [2.05, 4.69) is 34.6 Å². The fourth-order valence-electron chi connectivity index (χ4n) is 3.20. The van der Waals surface area contributed by atoms with Gasteiger partial charge in [-0.1, -0.05) is 30.3 Å². The number of hydrogen-bond donors (Lipinski definition) is 3. The number of pyridine rings is 1. The van der Waals surface area contributed by atoms with Crippen LogP contribution in [0.2, 0.25) is 0 Å². The number of fused-ring (bicyclic) bond motifs is 1. The van der Waals surface area contributed by atoms with Gasteiger partial charge < -0.3 is 16.5 Å². The summed E-state index contributed by atoms with van der Waals surface area (Å²) in [6.07, 6.45) is 8.22. The van der Waals surface area contributed by atoms with Crippen LogP contribution in [0, 0.1) is 5.41 Å². The molecule has 0 aliphatic heterocycles. The summed E-state index contributed by atoms with van der Waals surface area (Å²) in [6, 6.07) is 14.2. The predicted octanol–water partition coefficient (Wildman–Crippen LogP) is 4.75. The third kappa shape index (κ3) is 4.36. The lowest BCUT2D eigenvalue weighted by atomic mass is 10.1. The highest BCUT2D eigenvalue weighted by atomic mass is 32.1. The van der Waals surface area contributed by atoms with Gasteiger partial charge >= 0.3 is 0 Å². The van der Waals surface area contributed by atoms with Crippen LogP contribution >= 0.6 is 11.3 Å². The molecule has 0 fully saturated rings. The molecule has 0 radical (unpaired) electrons. The predicted molar refractivity (Wildman–Crippen MR) is 125 cm³/mol. The van der Waals surface area contributed by atoms with Gasteiger partial charge in [-0.3, -0.25) is 4.98 Å². The molecule has 0 aliphatic carbocycles. The van der Waals surface area contributed by atoms with Crippen LogP contribution in [0.3, 0.4) is 0 Å². The normalized spacial score (nSPS) is 11.5. The molecular weight excluding hydrogens is 392 g/mol. The van der Waals surface area contributed by atoms with Crippen molar-refractivity contribution in [1.82, 2.24) is 15.0 Å². The van der Waals surface area contributed by atoms with Gasteiger partial charge in [-0.05, 0) is 36.6 Å². The molecule has 3 heterocycles. The molecule has 6 nitrogen and oxygen atoms in total. The first-order valence-electron chi connectivity index (χ1n) is 9.70. The maximum Gasteiger partial charge on any atom is 0.162 e. The number of nitrogens with one attached hydrogen (secondary N) is 2. The van der Waals surface area contributed by atoms with Crippen molar-refractivity contribution in [2.45, 2.75) is 12.8 Å². The van der Waals surface area contributed by atoms with Gasteiger partial charge in [0.15, 0.2) is 5.82 Å². The quantitative estimate of drug-likeness (QED) is 0.285. The first kappa shape index (κ1) is 19.7. The summed E-state index contributed by atoms with van der Waals surface area (Å²) in [7, 11) is 0. The number of anilines is 1. The minimum absolute atomic E-state index is 0.519. The molecule has 7 heteroatoms. The van der Waals surface area contributed by atoms with Crippen LogP contribution in [0.1, 0.15) is 17.5 Å². The van der Waals surface area contributed by atoms with Crippen LogP contribution in [0.15, 0.2) is 66.3 Å². The van der Waals surface area contributed by atoms with Gasteiger partial charge in [0.05, 0.1) is 10.2 Å². The lowest BCUT2D eigenvalue weighted by Crippen LogP contribution is -2.06. The van der Waals surface area contributed by atoms with Crippen molar-refractivity contribution in [2.24, 2.45) is 5.73 Å². The number of rotatable bonds is 8. The standard InChI is InChI=1S/C23H22N6S/c24-11-8-19(25)18-15-30-21-20(18)28-22(17-9-13-26-14-10-17)29-23(21)27-12-4-7-16-5-2-1-3-6-16/h1-3,5-6,8-11,13-15,24H,4,7,12,25H2,(H,27,28,29)/b19-8-,24-11?. The van der Waals surface area contributed by atoms with E-state index in [1.807, 2.05) is 23.6 Å². The zero-order valence-electron chi connectivity index (χ0n) is 16.4. The Labute approximate surface area is 179 Å². The van der Waals surface area contributed by atoms with Crippen molar-refractivity contribution >= 4 is 39.3 Å². The smallest absolute Gasteiger partial charge is 0.162 e. The molecule has 4 rings (SSSR count). The third-order valence-electron chi connectivity index (χ3n) is 4.71. The van der Waals surface area contributed by atoms with Gasteiger partial charge in [0.25, 0.3) is 0 Å². The Bertz CT molecular complexity index is 1170. The Morgan fingerprint density at radius 1 is 1.10 bits per heavy atom. The first-order valence-corrected chi connectivity index (χ1v) is 10.6. The molecule has 0 saturated heterocycles. The molecule has 150 valence electrons. The van der Waals surface area contributed by atoms with Gasteiger partial charge in [-0.2, -0.15) is 0 Å². The van der Waals surface area contributed by atoms with Crippen LogP contribution in [0.5, 0.6) is 0 Å². The number of nitrogens with two attached hydrogens (primary N) is 1. The van der Waals surface area contributed by atoms with Crippen molar-refractivity contribution in [1.29, 1.82) is 5.41 Å². The molecule has 0 amide bonds. The molecule has 3 aromatic heterocycles. The number of nitrogens with zero attached hydrogens (tertiary/aromatic N) is 3. The molecule has 0 bridgehead atoms. The molecule has 0 unspecified atom stereocenters. The van der Waals surface area contributed by atoms with Crippen LogP contribution < -0.4 is 11.1 Å². The zero-order chi connectivity index (χ0) is 20.8. The van der Waals surface area contributed by atoms with Crippen LogP contribution in [0.25, 0.3) is 27.3 Å². The third-order valence-corrected chi connectivity index (χ3v) is 5.68. The average Bonchev–Trinajstić information content (AvgIpc) is 3.22. The minimum Gasteiger partial charge on any atom is -0.398 e. The number of thiophene rings is 1. The fourth-order valence-corrected chi connectivity index (χ4v) is 4.18. The van der Waals surface area contributed by atoms with Gasteiger partial charge in [0.1, 0.15) is 5.82 Å². The van der Waals surface area contributed by atoms with Crippen molar-refractivity contribution in [3.8, 4) is 11.4 Å². The topological polar surface area (TPSA) is 101 Å². The van der Waals surface area contributed by atoms with E-state index in [1.165, 1.54) is 11.8 Å².